The third kappa shape index (κ3) is 3.69. The summed E-state index contributed by atoms with van der Waals surface area (Å²) in [5.74, 6) is 1.07. The first-order chi connectivity index (χ1) is 9.11. The average molecular weight is 269 g/mol. The summed E-state index contributed by atoms with van der Waals surface area (Å²) >= 11 is 0. The SMILES string of the molecule is CC[NH+]1CC[NH+]([C@H](C)C(=O)N2CCC[C@H](C)C2)CC1. The van der Waals surface area contributed by atoms with E-state index >= 15 is 0 Å². The van der Waals surface area contributed by atoms with E-state index in [2.05, 4.69) is 25.7 Å². The number of piperazine rings is 1. The molecule has 0 aromatic rings. The molecule has 0 bridgehead atoms. The summed E-state index contributed by atoms with van der Waals surface area (Å²) in [5, 5.41) is 0. The van der Waals surface area contributed by atoms with Gasteiger partial charge < -0.3 is 14.7 Å². The highest BCUT2D eigenvalue weighted by atomic mass is 16.2. The molecule has 4 heteroatoms. The lowest BCUT2D eigenvalue weighted by atomic mass is 9.99. The van der Waals surface area contributed by atoms with Crippen LogP contribution in [0.5, 0.6) is 0 Å². The molecule has 110 valence electrons. The number of hydrogen-bond donors (Lipinski definition) is 2. The number of likely N-dealkylation sites (tertiary alicyclic amines) is 1. The average Bonchev–Trinajstić information content (AvgIpc) is 2.46. The summed E-state index contributed by atoms with van der Waals surface area (Å²) in [5.41, 5.74) is 0. The first-order valence-electron chi connectivity index (χ1n) is 8.08. The molecule has 2 fully saturated rings. The van der Waals surface area contributed by atoms with Gasteiger partial charge in [0.15, 0.2) is 6.04 Å². The van der Waals surface area contributed by atoms with Gasteiger partial charge in [0.2, 0.25) is 0 Å². The van der Waals surface area contributed by atoms with Crippen molar-refractivity contribution < 1.29 is 14.6 Å². The van der Waals surface area contributed by atoms with E-state index in [-0.39, 0.29) is 6.04 Å². The molecule has 0 saturated carbocycles. The zero-order valence-corrected chi connectivity index (χ0v) is 12.9. The minimum atomic E-state index is 0.156. The summed E-state index contributed by atoms with van der Waals surface area (Å²) in [6.45, 7) is 14.6. The minimum absolute atomic E-state index is 0.156. The molecule has 0 aliphatic carbocycles. The summed E-state index contributed by atoms with van der Waals surface area (Å²) in [6.07, 6.45) is 2.46. The highest BCUT2D eigenvalue weighted by Crippen LogP contribution is 2.15. The van der Waals surface area contributed by atoms with Crippen molar-refractivity contribution >= 4 is 5.91 Å². The lowest BCUT2D eigenvalue weighted by Crippen LogP contribution is -3.29. The van der Waals surface area contributed by atoms with E-state index in [4.69, 9.17) is 0 Å². The highest BCUT2D eigenvalue weighted by molar-refractivity contribution is 5.80. The van der Waals surface area contributed by atoms with Gasteiger partial charge in [-0.15, -0.1) is 0 Å². The lowest BCUT2D eigenvalue weighted by molar-refractivity contribution is -1.02. The van der Waals surface area contributed by atoms with Gasteiger partial charge in [0.05, 0.1) is 6.54 Å². The second kappa shape index (κ2) is 6.71. The molecule has 0 aromatic carbocycles. The largest absolute Gasteiger partial charge is 0.337 e. The number of rotatable bonds is 3. The maximum absolute atomic E-state index is 12.6. The summed E-state index contributed by atoms with van der Waals surface area (Å²) in [7, 11) is 0. The predicted molar refractivity (Wildman–Crippen MR) is 76.4 cm³/mol. The third-order valence-corrected chi connectivity index (χ3v) is 5.05. The molecular weight excluding hydrogens is 238 g/mol. The Hall–Kier alpha value is -0.610. The first-order valence-corrected chi connectivity index (χ1v) is 8.08. The zero-order valence-electron chi connectivity index (χ0n) is 12.9. The molecule has 0 spiro atoms. The van der Waals surface area contributed by atoms with Crippen molar-refractivity contribution in [2.45, 2.75) is 39.7 Å². The van der Waals surface area contributed by atoms with Crippen molar-refractivity contribution in [1.29, 1.82) is 0 Å². The Kier molecular flexibility index (Phi) is 5.22. The Morgan fingerprint density at radius 1 is 1.32 bits per heavy atom. The molecule has 2 heterocycles. The summed E-state index contributed by atoms with van der Waals surface area (Å²) < 4.78 is 0. The van der Waals surface area contributed by atoms with Gasteiger partial charge in [0, 0.05) is 13.1 Å². The summed E-state index contributed by atoms with van der Waals surface area (Å²) in [6, 6.07) is 0.156. The Balaban J connectivity index is 1.85. The van der Waals surface area contributed by atoms with Crippen molar-refractivity contribution in [2.75, 3.05) is 45.8 Å². The fourth-order valence-electron chi connectivity index (χ4n) is 3.55. The molecule has 2 saturated heterocycles. The monoisotopic (exact) mass is 269 g/mol. The molecule has 2 aliphatic heterocycles. The van der Waals surface area contributed by atoms with E-state index < -0.39 is 0 Å². The van der Waals surface area contributed by atoms with Gasteiger partial charge in [-0.25, -0.2) is 0 Å². The number of quaternary nitrogens is 2. The number of amides is 1. The second-order valence-corrected chi connectivity index (χ2v) is 6.52. The van der Waals surface area contributed by atoms with E-state index in [0.717, 1.165) is 26.2 Å². The van der Waals surface area contributed by atoms with Crippen molar-refractivity contribution in [1.82, 2.24) is 4.90 Å². The fraction of sp³-hybridized carbons (Fsp3) is 0.933. The van der Waals surface area contributed by atoms with Crippen LogP contribution in [-0.4, -0.2) is 62.7 Å². The van der Waals surface area contributed by atoms with Gasteiger partial charge in [-0.05, 0) is 32.6 Å². The smallest absolute Gasteiger partial charge is 0.280 e. The standard InChI is InChI=1S/C15H29N3O/c1-4-16-8-10-17(11-9-16)14(3)15(19)18-7-5-6-13(2)12-18/h13-14H,4-12H2,1-3H3/p+2/t13-,14+/m0/s1. The fourth-order valence-corrected chi connectivity index (χ4v) is 3.55. The minimum Gasteiger partial charge on any atom is -0.337 e. The van der Waals surface area contributed by atoms with Gasteiger partial charge >= 0.3 is 0 Å². The number of nitrogens with zero attached hydrogens (tertiary/aromatic N) is 1. The second-order valence-electron chi connectivity index (χ2n) is 6.52. The number of piperidine rings is 1. The van der Waals surface area contributed by atoms with E-state index in [0.29, 0.717) is 11.8 Å². The Bertz CT molecular complexity index is 300. The van der Waals surface area contributed by atoms with E-state index in [1.807, 2.05) is 0 Å². The summed E-state index contributed by atoms with van der Waals surface area (Å²) in [4.78, 5) is 17.9. The van der Waals surface area contributed by atoms with Crippen molar-refractivity contribution in [3.05, 3.63) is 0 Å². The molecule has 4 nitrogen and oxygen atoms in total. The van der Waals surface area contributed by atoms with Crippen molar-refractivity contribution in [3.63, 3.8) is 0 Å². The van der Waals surface area contributed by atoms with Crippen LogP contribution in [0.15, 0.2) is 0 Å². The molecule has 0 aromatic heterocycles. The first kappa shape index (κ1) is 14.8. The van der Waals surface area contributed by atoms with E-state index in [9.17, 15) is 4.79 Å². The molecular formula is C15H31N3O+2. The molecule has 2 rings (SSSR count). The van der Waals surface area contributed by atoms with Crippen LogP contribution in [0.4, 0.5) is 0 Å². The Labute approximate surface area is 117 Å². The van der Waals surface area contributed by atoms with Crippen LogP contribution in [0.3, 0.4) is 0 Å². The molecule has 2 atom stereocenters. The molecule has 2 aliphatic rings. The highest BCUT2D eigenvalue weighted by Gasteiger charge is 2.34. The number of likely N-dealkylation sites (N-methyl/N-ethyl adjacent to an activating group) is 1. The van der Waals surface area contributed by atoms with Crippen LogP contribution in [-0.2, 0) is 4.79 Å². The van der Waals surface area contributed by atoms with Crippen LogP contribution in [0.25, 0.3) is 0 Å². The van der Waals surface area contributed by atoms with Gasteiger partial charge in [-0.1, -0.05) is 6.92 Å². The van der Waals surface area contributed by atoms with Crippen LogP contribution < -0.4 is 9.80 Å². The third-order valence-electron chi connectivity index (χ3n) is 5.05. The lowest BCUT2D eigenvalue weighted by Gasteiger charge is -2.36. The van der Waals surface area contributed by atoms with Gasteiger partial charge in [0.25, 0.3) is 5.91 Å². The van der Waals surface area contributed by atoms with Gasteiger partial charge in [-0.3, -0.25) is 4.79 Å². The number of carbonyl (C=O) groups is 1. The molecule has 0 radical (unpaired) electrons. The Morgan fingerprint density at radius 3 is 2.58 bits per heavy atom. The predicted octanol–water partition coefficient (Wildman–Crippen LogP) is -1.56. The maximum atomic E-state index is 12.6. The molecule has 0 unspecified atom stereocenters. The van der Waals surface area contributed by atoms with Gasteiger partial charge in [-0.2, -0.15) is 0 Å². The van der Waals surface area contributed by atoms with Gasteiger partial charge in [0.1, 0.15) is 26.2 Å². The molecule has 1 amide bonds. The van der Waals surface area contributed by atoms with Crippen LogP contribution >= 0.6 is 0 Å². The van der Waals surface area contributed by atoms with E-state index in [1.165, 1.54) is 37.4 Å². The van der Waals surface area contributed by atoms with Crippen LogP contribution in [0.2, 0.25) is 0 Å². The Morgan fingerprint density at radius 2 is 2.00 bits per heavy atom. The topological polar surface area (TPSA) is 29.2 Å². The normalized spacial score (nSPS) is 34.1. The van der Waals surface area contributed by atoms with Crippen molar-refractivity contribution in [2.24, 2.45) is 5.92 Å². The number of nitrogens with one attached hydrogen (secondary N) is 2. The maximum Gasteiger partial charge on any atom is 0.280 e. The van der Waals surface area contributed by atoms with Crippen molar-refractivity contribution in [3.8, 4) is 0 Å². The molecule has 19 heavy (non-hydrogen) atoms. The van der Waals surface area contributed by atoms with E-state index in [1.54, 1.807) is 4.90 Å². The molecule has 2 N–H and O–H groups in total. The number of hydrogen-bond acceptors (Lipinski definition) is 1. The van der Waals surface area contributed by atoms with Crippen LogP contribution in [0, 0.1) is 5.92 Å². The quantitative estimate of drug-likeness (QED) is 0.637. The zero-order chi connectivity index (χ0) is 13.8. The number of carbonyl (C=O) groups excluding carboxylic acids is 1. The van der Waals surface area contributed by atoms with Crippen LogP contribution in [0.1, 0.15) is 33.6 Å².